The molecule has 21 heavy (non-hydrogen) atoms. The summed E-state index contributed by atoms with van der Waals surface area (Å²) < 4.78 is 0. The van der Waals surface area contributed by atoms with Gasteiger partial charge in [0.15, 0.2) is 5.82 Å². The van der Waals surface area contributed by atoms with Crippen molar-refractivity contribution in [2.75, 3.05) is 5.73 Å². The Balaban J connectivity index is 0.000000497. The molecule has 2 heterocycles. The summed E-state index contributed by atoms with van der Waals surface area (Å²) in [6.07, 6.45) is 5.54. The molecule has 0 unspecified atom stereocenters. The standard InChI is InChI=1S/C14H12N4.C3H8/c15-14-12-4-2-1-3-11(12)13(17-18-14)9-10-5-7-16-8-6-10;1-3-2/h1-8H,9H2,(H2,15,18);3H2,1-2H3. The van der Waals surface area contributed by atoms with Gasteiger partial charge in [-0.05, 0) is 17.7 Å². The minimum Gasteiger partial charge on any atom is -0.382 e. The maximum Gasteiger partial charge on any atom is 0.153 e. The van der Waals surface area contributed by atoms with Crippen LogP contribution in [0.15, 0.2) is 48.8 Å². The van der Waals surface area contributed by atoms with E-state index in [9.17, 15) is 0 Å². The lowest BCUT2D eigenvalue weighted by atomic mass is 10.1. The molecule has 2 N–H and O–H groups in total. The predicted octanol–water partition coefficient (Wildman–Crippen LogP) is 3.61. The summed E-state index contributed by atoms with van der Waals surface area (Å²) in [5.41, 5.74) is 7.93. The van der Waals surface area contributed by atoms with Crippen LogP contribution >= 0.6 is 0 Å². The Morgan fingerprint density at radius 3 is 2.19 bits per heavy atom. The normalized spacial score (nSPS) is 10.0. The fourth-order valence-corrected chi connectivity index (χ4v) is 2.00. The number of benzene rings is 1. The van der Waals surface area contributed by atoms with E-state index in [1.807, 2.05) is 36.4 Å². The van der Waals surface area contributed by atoms with Crippen molar-refractivity contribution in [3.05, 3.63) is 60.0 Å². The van der Waals surface area contributed by atoms with E-state index in [0.717, 1.165) is 28.5 Å². The van der Waals surface area contributed by atoms with Crippen molar-refractivity contribution >= 4 is 16.6 Å². The highest BCUT2D eigenvalue weighted by Crippen LogP contribution is 2.22. The first-order chi connectivity index (χ1) is 10.3. The van der Waals surface area contributed by atoms with Gasteiger partial charge in [0.25, 0.3) is 0 Å². The lowest BCUT2D eigenvalue weighted by molar-refractivity contribution is 0.963. The van der Waals surface area contributed by atoms with E-state index in [1.165, 1.54) is 6.42 Å². The molecule has 0 aliphatic heterocycles. The molecule has 3 rings (SSSR count). The summed E-state index contributed by atoms with van der Waals surface area (Å²) in [6.45, 7) is 4.25. The first-order valence-electron chi connectivity index (χ1n) is 7.14. The Morgan fingerprint density at radius 2 is 1.52 bits per heavy atom. The minimum absolute atomic E-state index is 0.476. The van der Waals surface area contributed by atoms with Gasteiger partial charge in [0, 0.05) is 29.6 Å². The van der Waals surface area contributed by atoms with Crippen LogP contribution in [-0.4, -0.2) is 15.2 Å². The largest absolute Gasteiger partial charge is 0.382 e. The van der Waals surface area contributed by atoms with Crippen LogP contribution in [0.3, 0.4) is 0 Å². The number of aromatic nitrogens is 3. The second-order valence-electron chi connectivity index (χ2n) is 4.82. The molecule has 4 heteroatoms. The number of nitrogens with two attached hydrogens (primary N) is 1. The number of nitrogens with zero attached hydrogens (tertiary/aromatic N) is 3. The average molecular weight is 280 g/mol. The van der Waals surface area contributed by atoms with Gasteiger partial charge in [-0.15, -0.1) is 5.10 Å². The molecule has 0 saturated heterocycles. The molecule has 0 bridgehead atoms. The Morgan fingerprint density at radius 1 is 0.905 bits per heavy atom. The number of anilines is 1. The highest BCUT2D eigenvalue weighted by molar-refractivity contribution is 5.92. The molecule has 0 aliphatic carbocycles. The highest BCUT2D eigenvalue weighted by atomic mass is 15.1. The van der Waals surface area contributed by atoms with E-state index in [0.29, 0.717) is 5.82 Å². The van der Waals surface area contributed by atoms with Crippen LogP contribution in [0.5, 0.6) is 0 Å². The van der Waals surface area contributed by atoms with Crippen molar-refractivity contribution in [2.24, 2.45) is 0 Å². The number of nitrogen functional groups attached to an aromatic ring is 1. The molecule has 0 atom stereocenters. The highest BCUT2D eigenvalue weighted by Gasteiger charge is 2.07. The minimum atomic E-state index is 0.476. The van der Waals surface area contributed by atoms with Crippen LogP contribution < -0.4 is 5.73 Å². The summed E-state index contributed by atoms with van der Waals surface area (Å²) >= 11 is 0. The lowest BCUT2D eigenvalue weighted by Gasteiger charge is -2.06. The van der Waals surface area contributed by atoms with E-state index >= 15 is 0 Å². The lowest BCUT2D eigenvalue weighted by Crippen LogP contribution is -2.01. The van der Waals surface area contributed by atoms with Crippen LogP contribution in [0.1, 0.15) is 31.5 Å². The first kappa shape index (κ1) is 14.9. The smallest absolute Gasteiger partial charge is 0.153 e. The molecule has 0 fully saturated rings. The zero-order valence-electron chi connectivity index (χ0n) is 12.5. The van der Waals surface area contributed by atoms with Crippen LogP contribution in [0.25, 0.3) is 10.8 Å². The van der Waals surface area contributed by atoms with Gasteiger partial charge < -0.3 is 5.73 Å². The Labute approximate surface area is 125 Å². The third kappa shape index (κ3) is 3.75. The monoisotopic (exact) mass is 280 g/mol. The van der Waals surface area contributed by atoms with E-state index in [2.05, 4.69) is 29.0 Å². The Kier molecular flexibility index (Phi) is 5.21. The maximum atomic E-state index is 5.83. The van der Waals surface area contributed by atoms with Crippen molar-refractivity contribution in [2.45, 2.75) is 26.7 Å². The third-order valence-electron chi connectivity index (χ3n) is 2.91. The number of hydrogen-bond acceptors (Lipinski definition) is 4. The van der Waals surface area contributed by atoms with Gasteiger partial charge in [-0.1, -0.05) is 44.5 Å². The molecule has 0 spiro atoms. The molecule has 4 nitrogen and oxygen atoms in total. The second kappa shape index (κ2) is 7.33. The van der Waals surface area contributed by atoms with Crippen LogP contribution in [0.4, 0.5) is 5.82 Å². The van der Waals surface area contributed by atoms with Gasteiger partial charge in [-0.25, -0.2) is 0 Å². The van der Waals surface area contributed by atoms with Gasteiger partial charge in [0.2, 0.25) is 0 Å². The summed E-state index contributed by atoms with van der Waals surface area (Å²) in [7, 11) is 0. The topological polar surface area (TPSA) is 64.7 Å². The average Bonchev–Trinajstić information content (AvgIpc) is 2.52. The van der Waals surface area contributed by atoms with Gasteiger partial charge in [-0.2, -0.15) is 5.10 Å². The first-order valence-corrected chi connectivity index (χ1v) is 7.14. The predicted molar refractivity (Wildman–Crippen MR) is 87.0 cm³/mol. The van der Waals surface area contributed by atoms with Crippen LogP contribution in [0, 0.1) is 0 Å². The molecule has 0 saturated carbocycles. The molecule has 0 amide bonds. The zero-order valence-corrected chi connectivity index (χ0v) is 12.5. The van der Waals surface area contributed by atoms with Crippen molar-refractivity contribution < 1.29 is 0 Å². The molecule has 3 aromatic rings. The van der Waals surface area contributed by atoms with Gasteiger partial charge >= 0.3 is 0 Å². The molecule has 0 aliphatic rings. The molecular weight excluding hydrogens is 260 g/mol. The van der Waals surface area contributed by atoms with Crippen LogP contribution in [0.2, 0.25) is 0 Å². The zero-order chi connectivity index (χ0) is 15.1. The quantitative estimate of drug-likeness (QED) is 0.778. The van der Waals surface area contributed by atoms with Crippen molar-refractivity contribution in [3.63, 3.8) is 0 Å². The van der Waals surface area contributed by atoms with Crippen molar-refractivity contribution in [1.82, 2.24) is 15.2 Å². The SMILES string of the molecule is CCC.Nc1nnc(Cc2ccncc2)c2ccccc12. The van der Waals surface area contributed by atoms with Gasteiger partial charge in [0.1, 0.15) is 0 Å². The number of pyridine rings is 1. The van der Waals surface area contributed by atoms with E-state index < -0.39 is 0 Å². The van der Waals surface area contributed by atoms with E-state index in [1.54, 1.807) is 12.4 Å². The summed E-state index contributed by atoms with van der Waals surface area (Å²) in [5.74, 6) is 0.476. The second-order valence-corrected chi connectivity index (χ2v) is 4.82. The number of fused-ring (bicyclic) bond motifs is 1. The Bertz CT molecular complexity index is 695. The molecule has 0 radical (unpaired) electrons. The fraction of sp³-hybridized carbons (Fsp3) is 0.235. The Hall–Kier alpha value is -2.49. The molecule has 108 valence electrons. The number of rotatable bonds is 2. The summed E-state index contributed by atoms with van der Waals surface area (Å²) in [4.78, 5) is 4.01. The molecular formula is C17H20N4. The summed E-state index contributed by atoms with van der Waals surface area (Å²) in [6, 6.07) is 11.9. The summed E-state index contributed by atoms with van der Waals surface area (Å²) in [5, 5.41) is 10.2. The third-order valence-corrected chi connectivity index (χ3v) is 2.91. The fourth-order valence-electron chi connectivity index (χ4n) is 2.00. The van der Waals surface area contributed by atoms with Crippen molar-refractivity contribution in [3.8, 4) is 0 Å². The molecule has 2 aromatic heterocycles. The van der Waals surface area contributed by atoms with E-state index in [-0.39, 0.29) is 0 Å². The van der Waals surface area contributed by atoms with E-state index in [4.69, 9.17) is 5.73 Å². The maximum absolute atomic E-state index is 5.83. The van der Waals surface area contributed by atoms with Crippen LogP contribution in [-0.2, 0) is 6.42 Å². The van der Waals surface area contributed by atoms with Gasteiger partial charge in [-0.3, -0.25) is 4.98 Å². The molecule has 1 aromatic carbocycles. The van der Waals surface area contributed by atoms with Crippen molar-refractivity contribution in [1.29, 1.82) is 0 Å². The van der Waals surface area contributed by atoms with Gasteiger partial charge in [0.05, 0.1) is 5.69 Å². The number of hydrogen-bond donors (Lipinski definition) is 1.